The zero-order valence-electron chi connectivity index (χ0n) is 7.08. The van der Waals surface area contributed by atoms with Crippen LogP contribution in [0.25, 0.3) is 0 Å². The number of aliphatic hydroxyl groups is 1. The Kier molecular flexibility index (Phi) is 2.32. The zero-order chi connectivity index (χ0) is 8.44. The molecule has 1 saturated carbocycles. The lowest BCUT2D eigenvalue weighted by atomic mass is 9.93. The molecule has 0 amide bonds. The molecular weight excluding hydrogens is 158 g/mol. The van der Waals surface area contributed by atoms with E-state index in [2.05, 4.69) is 5.48 Å². The highest BCUT2D eigenvalue weighted by Gasteiger charge is 2.40. The third kappa shape index (κ3) is 1.47. The predicted molar refractivity (Wildman–Crippen MR) is 42.2 cm³/mol. The second kappa shape index (κ2) is 3.30. The minimum absolute atomic E-state index is 0.0475. The van der Waals surface area contributed by atoms with Gasteiger partial charge in [0.1, 0.15) is 0 Å². The maximum Gasteiger partial charge on any atom is 0.166 e. The van der Waals surface area contributed by atoms with Crippen LogP contribution in [-0.2, 0) is 9.57 Å². The maximum atomic E-state index is 10.1. The molecule has 0 aromatic carbocycles. The molecule has 0 bridgehead atoms. The number of hydrogen-bond acceptors (Lipinski definition) is 4. The SMILES string of the molecule is OC1([C@@H]2COCON2)CCCC1. The molecule has 12 heavy (non-hydrogen) atoms. The molecule has 0 radical (unpaired) electrons. The van der Waals surface area contributed by atoms with Gasteiger partial charge in [-0.05, 0) is 12.8 Å². The molecule has 1 aliphatic carbocycles. The van der Waals surface area contributed by atoms with Gasteiger partial charge in [0, 0.05) is 0 Å². The first-order chi connectivity index (χ1) is 5.81. The number of ether oxygens (including phenoxy) is 1. The van der Waals surface area contributed by atoms with E-state index in [0.717, 1.165) is 25.7 Å². The lowest BCUT2D eigenvalue weighted by molar-refractivity contribution is -0.199. The third-order valence-electron chi connectivity index (χ3n) is 2.77. The van der Waals surface area contributed by atoms with Gasteiger partial charge in [-0.3, -0.25) is 4.84 Å². The molecule has 4 nitrogen and oxygen atoms in total. The van der Waals surface area contributed by atoms with Crippen LogP contribution in [-0.4, -0.2) is 30.1 Å². The van der Waals surface area contributed by atoms with Gasteiger partial charge in [-0.1, -0.05) is 12.8 Å². The fourth-order valence-corrected chi connectivity index (χ4v) is 1.98. The first-order valence-electron chi connectivity index (χ1n) is 4.49. The lowest BCUT2D eigenvalue weighted by Crippen LogP contribution is -2.54. The summed E-state index contributed by atoms with van der Waals surface area (Å²) in [6.45, 7) is 0.836. The van der Waals surface area contributed by atoms with Crippen LogP contribution in [0, 0.1) is 0 Å². The summed E-state index contributed by atoms with van der Waals surface area (Å²) < 4.78 is 5.11. The van der Waals surface area contributed by atoms with Gasteiger partial charge in [-0.25, -0.2) is 0 Å². The fraction of sp³-hybridized carbons (Fsp3) is 1.00. The standard InChI is InChI=1S/C8H15NO3/c10-8(3-1-2-4-8)7-5-11-6-12-9-7/h7,9-10H,1-6H2/t7-/m0/s1. The van der Waals surface area contributed by atoms with E-state index in [4.69, 9.17) is 9.57 Å². The van der Waals surface area contributed by atoms with E-state index in [1.165, 1.54) is 0 Å². The average molecular weight is 173 g/mol. The normalized spacial score (nSPS) is 35.2. The van der Waals surface area contributed by atoms with Gasteiger partial charge < -0.3 is 9.84 Å². The van der Waals surface area contributed by atoms with Crippen LogP contribution in [0.5, 0.6) is 0 Å². The Hall–Kier alpha value is -0.160. The molecule has 0 spiro atoms. The van der Waals surface area contributed by atoms with Crippen molar-refractivity contribution in [1.29, 1.82) is 0 Å². The van der Waals surface area contributed by atoms with E-state index < -0.39 is 5.60 Å². The highest BCUT2D eigenvalue weighted by molar-refractivity contribution is 4.94. The van der Waals surface area contributed by atoms with E-state index >= 15 is 0 Å². The third-order valence-corrected chi connectivity index (χ3v) is 2.77. The molecule has 0 aromatic rings. The summed E-state index contributed by atoms with van der Waals surface area (Å²) in [5.74, 6) is 0. The quantitative estimate of drug-likeness (QED) is 0.593. The first-order valence-corrected chi connectivity index (χ1v) is 4.49. The van der Waals surface area contributed by atoms with Crippen LogP contribution in [0.3, 0.4) is 0 Å². The Labute approximate surface area is 71.8 Å². The van der Waals surface area contributed by atoms with E-state index in [1.807, 2.05) is 0 Å². The van der Waals surface area contributed by atoms with Gasteiger partial charge in [0.25, 0.3) is 0 Å². The summed E-state index contributed by atoms with van der Waals surface area (Å²) in [5, 5.41) is 10.1. The van der Waals surface area contributed by atoms with Gasteiger partial charge in [-0.15, -0.1) is 0 Å². The van der Waals surface area contributed by atoms with Crippen molar-refractivity contribution in [2.45, 2.75) is 37.3 Å². The van der Waals surface area contributed by atoms with Crippen LogP contribution in [0.4, 0.5) is 0 Å². The molecule has 4 heteroatoms. The summed E-state index contributed by atoms with van der Waals surface area (Å²) in [4.78, 5) is 4.93. The second-order valence-electron chi connectivity index (χ2n) is 3.61. The molecule has 0 unspecified atom stereocenters. The smallest absolute Gasteiger partial charge is 0.166 e. The largest absolute Gasteiger partial charge is 0.388 e. The highest BCUT2D eigenvalue weighted by atomic mass is 16.8. The molecule has 2 rings (SSSR count). The molecule has 0 aromatic heterocycles. The van der Waals surface area contributed by atoms with Crippen LogP contribution < -0.4 is 5.48 Å². The Morgan fingerprint density at radius 3 is 2.67 bits per heavy atom. The number of rotatable bonds is 1. The summed E-state index contributed by atoms with van der Waals surface area (Å²) in [7, 11) is 0. The highest BCUT2D eigenvalue weighted by Crippen LogP contribution is 2.33. The Balaban J connectivity index is 1.96. The molecule has 2 fully saturated rings. The van der Waals surface area contributed by atoms with Crippen molar-refractivity contribution in [3.8, 4) is 0 Å². The molecule has 1 atom stereocenters. The van der Waals surface area contributed by atoms with E-state index in [-0.39, 0.29) is 12.8 Å². The summed E-state index contributed by atoms with van der Waals surface area (Å²) in [5.41, 5.74) is 2.23. The molecule has 1 saturated heterocycles. The zero-order valence-corrected chi connectivity index (χ0v) is 7.08. The van der Waals surface area contributed by atoms with Crippen LogP contribution >= 0.6 is 0 Å². The average Bonchev–Trinajstić information content (AvgIpc) is 2.55. The number of nitrogens with one attached hydrogen (secondary N) is 1. The van der Waals surface area contributed by atoms with Crippen LogP contribution in [0.1, 0.15) is 25.7 Å². The van der Waals surface area contributed by atoms with Gasteiger partial charge in [0.05, 0.1) is 18.2 Å². The Bertz CT molecular complexity index is 150. The molecule has 1 aliphatic heterocycles. The second-order valence-corrected chi connectivity index (χ2v) is 3.61. The molecule has 2 aliphatic rings. The van der Waals surface area contributed by atoms with Crippen molar-refractivity contribution >= 4 is 0 Å². The van der Waals surface area contributed by atoms with Crippen LogP contribution in [0.2, 0.25) is 0 Å². The van der Waals surface area contributed by atoms with Gasteiger partial charge >= 0.3 is 0 Å². The summed E-state index contributed by atoms with van der Waals surface area (Å²) >= 11 is 0. The van der Waals surface area contributed by atoms with Crippen LogP contribution in [0.15, 0.2) is 0 Å². The van der Waals surface area contributed by atoms with E-state index in [0.29, 0.717) is 6.61 Å². The monoisotopic (exact) mass is 173 g/mol. The van der Waals surface area contributed by atoms with Gasteiger partial charge in [-0.2, -0.15) is 5.48 Å². The Morgan fingerprint density at radius 1 is 1.33 bits per heavy atom. The predicted octanol–water partition coefficient (Wildman–Crippen LogP) is 0.169. The molecule has 1 heterocycles. The number of hydrogen-bond donors (Lipinski definition) is 2. The summed E-state index contributed by atoms with van der Waals surface area (Å²) in [6.07, 6.45) is 3.93. The lowest BCUT2D eigenvalue weighted by Gasteiger charge is -2.35. The minimum atomic E-state index is -0.597. The molecular formula is C8H15NO3. The maximum absolute atomic E-state index is 10.1. The molecule has 70 valence electrons. The fourth-order valence-electron chi connectivity index (χ4n) is 1.98. The van der Waals surface area contributed by atoms with E-state index in [9.17, 15) is 5.11 Å². The molecule has 2 N–H and O–H groups in total. The van der Waals surface area contributed by atoms with Gasteiger partial charge in [0.15, 0.2) is 6.79 Å². The van der Waals surface area contributed by atoms with E-state index in [1.54, 1.807) is 0 Å². The van der Waals surface area contributed by atoms with Crippen molar-refractivity contribution in [2.24, 2.45) is 0 Å². The topological polar surface area (TPSA) is 50.7 Å². The summed E-state index contributed by atoms with van der Waals surface area (Å²) in [6, 6.07) is -0.0475. The van der Waals surface area contributed by atoms with Crippen molar-refractivity contribution in [2.75, 3.05) is 13.4 Å². The first kappa shape index (κ1) is 8.44. The minimum Gasteiger partial charge on any atom is -0.388 e. The van der Waals surface area contributed by atoms with Crippen molar-refractivity contribution < 1.29 is 14.7 Å². The van der Waals surface area contributed by atoms with Gasteiger partial charge in [0.2, 0.25) is 0 Å². The Morgan fingerprint density at radius 2 is 2.08 bits per heavy atom. The number of hydroxylamine groups is 1. The van der Waals surface area contributed by atoms with Crippen molar-refractivity contribution in [3.05, 3.63) is 0 Å². The van der Waals surface area contributed by atoms with Crippen molar-refractivity contribution in [1.82, 2.24) is 5.48 Å². The van der Waals surface area contributed by atoms with Crippen molar-refractivity contribution in [3.63, 3.8) is 0 Å².